The van der Waals surface area contributed by atoms with Crippen LogP contribution < -0.4 is 21.7 Å². The molecule has 0 saturated heterocycles. The molecule has 0 saturated carbocycles. The summed E-state index contributed by atoms with van der Waals surface area (Å²) in [4.78, 5) is 55.2. The van der Waals surface area contributed by atoms with Gasteiger partial charge in [0.1, 0.15) is 6.04 Å². The van der Waals surface area contributed by atoms with Crippen molar-refractivity contribution in [2.45, 2.75) is 24.9 Å². The topological polar surface area (TPSA) is 208 Å². The van der Waals surface area contributed by atoms with Crippen molar-refractivity contribution in [1.29, 1.82) is 0 Å². The van der Waals surface area contributed by atoms with Gasteiger partial charge in [-0.05, 0) is 6.42 Å². The van der Waals surface area contributed by atoms with E-state index in [1.807, 2.05) is 5.32 Å². The molecule has 0 aromatic carbocycles. The molecule has 136 valence electrons. The summed E-state index contributed by atoms with van der Waals surface area (Å²) >= 11 is 0. The molecule has 0 spiro atoms. The van der Waals surface area contributed by atoms with Gasteiger partial charge in [-0.2, -0.15) is 0 Å². The Balaban J connectivity index is 4.05. The predicted octanol–water partition coefficient (Wildman–Crippen LogP) is -4.03. The normalized spacial score (nSPS) is 12.6. The number of aliphatic hydroxyl groups is 1. The lowest BCUT2D eigenvalue weighted by molar-refractivity contribution is -0.143. The van der Waals surface area contributed by atoms with Crippen molar-refractivity contribution in [1.82, 2.24) is 16.0 Å². The van der Waals surface area contributed by atoms with E-state index in [9.17, 15) is 24.0 Å². The summed E-state index contributed by atoms with van der Waals surface area (Å²) < 4.78 is 0. The second-order valence-corrected chi connectivity index (χ2v) is 4.67. The first-order valence-corrected chi connectivity index (χ1v) is 6.82. The standard InChI is InChI=1S/C12H20N4O8/c13-6(1-2-10(20)21)11(22)15-3-8(18)14-4-9(19)16-7(5-17)12(23)24/h6-7,17H,1-5,13H2,(H,14,18)(H,15,22)(H,16,19)(H,20,21)(H,23,24). The Hall–Kier alpha value is -2.73. The van der Waals surface area contributed by atoms with E-state index in [-0.39, 0.29) is 12.8 Å². The molecule has 12 heteroatoms. The Morgan fingerprint density at radius 2 is 1.54 bits per heavy atom. The van der Waals surface area contributed by atoms with Crippen molar-refractivity contribution in [3.05, 3.63) is 0 Å². The molecule has 2 unspecified atom stereocenters. The fourth-order valence-electron chi connectivity index (χ4n) is 1.38. The number of nitrogens with one attached hydrogen (secondary N) is 3. The van der Waals surface area contributed by atoms with Gasteiger partial charge in [-0.3, -0.25) is 19.2 Å². The highest BCUT2D eigenvalue weighted by atomic mass is 16.4. The average molecular weight is 348 g/mol. The van der Waals surface area contributed by atoms with Gasteiger partial charge in [0.15, 0.2) is 0 Å². The SMILES string of the molecule is NC(CCC(=O)O)C(=O)NCC(=O)NCC(=O)NC(CO)C(=O)O. The van der Waals surface area contributed by atoms with Crippen LogP contribution in [-0.4, -0.2) is 76.8 Å². The molecule has 8 N–H and O–H groups in total. The van der Waals surface area contributed by atoms with Crippen LogP contribution in [0.15, 0.2) is 0 Å². The Kier molecular flexibility index (Phi) is 9.67. The van der Waals surface area contributed by atoms with Gasteiger partial charge in [0.2, 0.25) is 17.7 Å². The highest BCUT2D eigenvalue weighted by Gasteiger charge is 2.19. The molecule has 2 atom stereocenters. The first-order valence-electron chi connectivity index (χ1n) is 6.82. The smallest absolute Gasteiger partial charge is 0.328 e. The van der Waals surface area contributed by atoms with Crippen molar-refractivity contribution in [2.24, 2.45) is 5.73 Å². The highest BCUT2D eigenvalue weighted by Crippen LogP contribution is 1.94. The highest BCUT2D eigenvalue weighted by molar-refractivity contribution is 5.90. The molecule has 24 heavy (non-hydrogen) atoms. The number of aliphatic hydroxyl groups excluding tert-OH is 1. The number of rotatable bonds is 11. The summed E-state index contributed by atoms with van der Waals surface area (Å²) in [6.07, 6.45) is -0.389. The van der Waals surface area contributed by atoms with E-state index in [1.54, 1.807) is 0 Å². The number of aliphatic carboxylic acids is 2. The van der Waals surface area contributed by atoms with Gasteiger partial charge in [0, 0.05) is 6.42 Å². The van der Waals surface area contributed by atoms with E-state index < -0.39 is 61.4 Å². The molecule has 0 heterocycles. The Labute approximate surface area is 136 Å². The second-order valence-electron chi connectivity index (χ2n) is 4.67. The molecule has 12 nitrogen and oxygen atoms in total. The molecular formula is C12H20N4O8. The lowest BCUT2D eigenvalue weighted by Gasteiger charge is -2.13. The number of carboxylic acid groups (broad SMARTS) is 2. The minimum Gasteiger partial charge on any atom is -0.481 e. The Morgan fingerprint density at radius 3 is 2.04 bits per heavy atom. The fourth-order valence-corrected chi connectivity index (χ4v) is 1.38. The van der Waals surface area contributed by atoms with Crippen LogP contribution in [0.4, 0.5) is 0 Å². The third-order valence-corrected chi connectivity index (χ3v) is 2.69. The maximum atomic E-state index is 11.5. The van der Waals surface area contributed by atoms with Crippen LogP contribution >= 0.6 is 0 Å². The van der Waals surface area contributed by atoms with Crippen LogP contribution in [0.3, 0.4) is 0 Å². The number of hydrogen-bond acceptors (Lipinski definition) is 7. The fraction of sp³-hybridized carbons (Fsp3) is 0.583. The summed E-state index contributed by atoms with van der Waals surface area (Å²) in [6, 6.07) is -2.57. The van der Waals surface area contributed by atoms with E-state index in [0.29, 0.717) is 0 Å². The van der Waals surface area contributed by atoms with Crippen molar-refractivity contribution in [3.63, 3.8) is 0 Å². The van der Waals surface area contributed by atoms with Gasteiger partial charge in [-0.25, -0.2) is 4.79 Å². The van der Waals surface area contributed by atoms with Gasteiger partial charge in [-0.1, -0.05) is 0 Å². The minimum absolute atomic E-state index is 0.0943. The van der Waals surface area contributed by atoms with E-state index in [2.05, 4.69) is 10.6 Å². The number of carboxylic acids is 2. The van der Waals surface area contributed by atoms with Crippen LogP contribution in [-0.2, 0) is 24.0 Å². The Bertz CT molecular complexity index is 495. The molecule has 0 rings (SSSR count). The molecule has 0 aliphatic rings. The molecule has 0 fully saturated rings. The van der Waals surface area contributed by atoms with Crippen molar-refractivity contribution >= 4 is 29.7 Å². The summed E-state index contributed by atoms with van der Waals surface area (Å²) in [5, 5.41) is 32.0. The first kappa shape index (κ1) is 21.3. The molecule has 3 amide bonds. The summed E-state index contributed by atoms with van der Waals surface area (Å²) in [5.41, 5.74) is 5.42. The zero-order valence-electron chi connectivity index (χ0n) is 12.7. The maximum absolute atomic E-state index is 11.5. The lowest BCUT2D eigenvalue weighted by Crippen LogP contribution is -2.49. The van der Waals surface area contributed by atoms with Crippen LogP contribution in [0, 0.1) is 0 Å². The minimum atomic E-state index is -1.48. The average Bonchev–Trinajstić information content (AvgIpc) is 2.52. The molecule has 0 aliphatic heterocycles. The zero-order valence-corrected chi connectivity index (χ0v) is 12.7. The maximum Gasteiger partial charge on any atom is 0.328 e. The van der Waals surface area contributed by atoms with E-state index in [4.69, 9.17) is 21.1 Å². The number of carbonyl (C=O) groups excluding carboxylic acids is 3. The van der Waals surface area contributed by atoms with E-state index in [1.165, 1.54) is 0 Å². The number of hydrogen-bond donors (Lipinski definition) is 7. The first-order chi connectivity index (χ1) is 11.2. The number of amides is 3. The van der Waals surface area contributed by atoms with Crippen LogP contribution in [0.5, 0.6) is 0 Å². The van der Waals surface area contributed by atoms with Crippen molar-refractivity contribution in [2.75, 3.05) is 19.7 Å². The van der Waals surface area contributed by atoms with E-state index >= 15 is 0 Å². The molecule has 0 radical (unpaired) electrons. The van der Waals surface area contributed by atoms with Crippen LogP contribution in [0.25, 0.3) is 0 Å². The molecule has 0 bridgehead atoms. The van der Waals surface area contributed by atoms with Crippen molar-refractivity contribution < 1.29 is 39.3 Å². The van der Waals surface area contributed by atoms with Gasteiger partial charge in [0.25, 0.3) is 0 Å². The summed E-state index contributed by atoms with van der Waals surface area (Å²) in [5.74, 6) is -4.83. The molecular weight excluding hydrogens is 328 g/mol. The molecule has 0 aliphatic carbocycles. The number of carbonyl (C=O) groups is 5. The predicted molar refractivity (Wildman–Crippen MR) is 77.5 cm³/mol. The summed E-state index contributed by atoms with van der Waals surface area (Å²) in [6.45, 7) is -1.85. The zero-order chi connectivity index (χ0) is 18.7. The third-order valence-electron chi connectivity index (χ3n) is 2.69. The van der Waals surface area contributed by atoms with Crippen LogP contribution in [0.1, 0.15) is 12.8 Å². The largest absolute Gasteiger partial charge is 0.481 e. The summed E-state index contributed by atoms with van der Waals surface area (Å²) in [7, 11) is 0. The van der Waals surface area contributed by atoms with E-state index in [0.717, 1.165) is 0 Å². The quantitative estimate of drug-likeness (QED) is 0.193. The van der Waals surface area contributed by atoms with Crippen molar-refractivity contribution in [3.8, 4) is 0 Å². The lowest BCUT2D eigenvalue weighted by atomic mass is 10.1. The Morgan fingerprint density at radius 1 is 0.958 bits per heavy atom. The second kappa shape index (κ2) is 10.9. The molecule has 0 aromatic rings. The number of nitrogens with two attached hydrogens (primary N) is 1. The van der Waals surface area contributed by atoms with Gasteiger partial charge in [0.05, 0.1) is 25.7 Å². The van der Waals surface area contributed by atoms with Crippen LogP contribution in [0.2, 0.25) is 0 Å². The van der Waals surface area contributed by atoms with Gasteiger partial charge in [-0.15, -0.1) is 0 Å². The van der Waals surface area contributed by atoms with Gasteiger partial charge >= 0.3 is 11.9 Å². The molecule has 0 aromatic heterocycles. The van der Waals surface area contributed by atoms with Gasteiger partial charge < -0.3 is 37.0 Å². The third kappa shape index (κ3) is 9.32. The monoisotopic (exact) mass is 348 g/mol.